The Morgan fingerprint density at radius 1 is 1.12 bits per heavy atom. The van der Waals surface area contributed by atoms with Crippen LogP contribution in [0.25, 0.3) is 0 Å². The molecule has 0 saturated carbocycles. The summed E-state index contributed by atoms with van der Waals surface area (Å²) in [6, 6.07) is 7.00. The molecule has 2 rings (SSSR count). The number of furan rings is 1. The molecule has 0 aliphatic heterocycles. The molecule has 1 heterocycles. The van der Waals surface area contributed by atoms with E-state index in [4.69, 9.17) is 4.42 Å². The maximum Gasteiger partial charge on any atom is 0.127 e. The lowest BCUT2D eigenvalue weighted by molar-refractivity contribution is 0.479. The summed E-state index contributed by atoms with van der Waals surface area (Å²) in [5.74, 6) is -0.0821. The summed E-state index contributed by atoms with van der Waals surface area (Å²) in [5.41, 5.74) is 0.312. The smallest absolute Gasteiger partial charge is 0.127 e. The highest BCUT2D eigenvalue weighted by atomic mass is 19.1. The number of hydrogen-bond acceptors (Lipinski definition) is 2. The van der Waals surface area contributed by atoms with Crippen molar-refractivity contribution in [3.05, 3.63) is 59.6 Å². The van der Waals surface area contributed by atoms with Crippen molar-refractivity contribution in [1.29, 1.82) is 0 Å². The zero-order valence-electron chi connectivity index (χ0n) is 8.54. The van der Waals surface area contributed by atoms with Gasteiger partial charge in [0, 0.05) is 12.1 Å². The predicted octanol–water partition coefficient (Wildman–Crippen LogP) is 2.85. The summed E-state index contributed by atoms with van der Waals surface area (Å²) in [4.78, 5) is 0. The van der Waals surface area contributed by atoms with Crippen LogP contribution in [0.3, 0.4) is 0 Å². The molecule has 16 heavy (non-hydrogen) atoms. The maximum absolute atomic E-state index is 13.2. The van der Waals surface area contributed by atoms with Gasteiger partial charge in [-0.2, -0.15) is 0 Å². The molecule has 1 N–H and O–H groups in total. The highest BCUT2D eigenvalue weighted by Gasteiger charge is 2.03. The van der Waals surface area contributed by atoms with E-state index in [9.17, 15) is 8.78 Å². The second-order valence-corrected chi connectivity index (χ2v) is 3.42. The van der Waals surface area contributed by atoms with Crippen LogP contribution in [-0.2, 0) is 13.1 Å². The van der Waals surface area contributed by atoms with E-state index in [1.807, 2.05) is 6.07 Å². The minimum absolute atomic E-state index is 0.268. The Bertz CT molecular complexity index is 454. The number of halogens is 2. The van der Waals surface area contributed by atoms with Gasteiger partial charge < -0.3 is 9.73 Å². The van der Waals surface area contributed by atoms with Gasteiger partial charge in [0.05, 0.1) is 12.8 Å². The molecule has 0 spiro atoms. The lowest BCUT2D eigenvalue weighted by Crippen LogP contribution is -2.13. The molecule has 0 unspecified atom stereocenters. The van der Waals surface area contributed by atoms with E-state index in [0.29, 0.717) is 12.1 Å². The van der Waals surface area contributed by atoms with Crippen molar-refractivity contribution < 1.29 is 13.2 Å². The first-order valence-corrected chi connectivity index (χ1v) is 4.93. The molecular formula is C12H11F2NO. The quantitative estimate of drug-likeness (QED) is 0.862. The molecule has 0 atom stereocenters. The lowest BCUT2D eigenvalue weighted by Gasteiger charge is -2.04. The molecule has 0 saturated heterocycles. The Hall–Kier alpha value is -1.68. The van der Waals surface area contributed by atoms with Gasteiger partial charge in [-0.15, -0.1) is 0 Å². The van der Waals surface area contributed by atoms with Crippen LogP contribution in [0.1, 0.15) is 11.3 Å². The van der Waals surface area contributed by atoms with Crippen molar-refractivity contribution in [2.24, 2.45) is 0 Å². The minimum Gasteiger partial charge on any atom is -0.468 e. The second kappa shape index (κ2) is 4.90. The van der Waals surface area contributed by atoms with Crippen LogP contribution in [0.2, 0.25) is 0 Å². The predicted molar refractivity (Wildman–Crippen MR) is 55.6 cm³/mol. The molecule has 84 valence electrons. The molecular weight excluding hydrogens is 212 g/mol. The highest BCUT2D eigenvalue weighted by Crippen LogP contribution is 2.09. The average molecular weight is 223 g/mol. The molecule has 2 nitrogen and oxygen atoms in total. The van der Waals surface area contributed by atoms with Crippen molar-refractivity contribution in [2.45, 2.75) is 13.1 Å². The van der Waals surface area contributed by atoms with Crippen LogP contribution >= 0.6 is 0 Å². The van der Waals surface area contributed by atoms with Crippen LogP contribution in [0, 0.1) is 11.6 Å². The minimum atomic E-state index is -0.434. The Kier molecular flexibility index (Phi) is 3.31. The number of hydrogen-bond donors (Lipinski definition) is 1. The molecule has 4 heteroatoms. The Morgan fingerprint density at radius 3 is 2.75 bits per heavy atom. The first-order valence-electron chi connectivity index (χ1n) is 4.93. The Morgan fingerprint density at radius 2 is 2.00 bits per heavy atom. The van der Waals surface area contributed by atoms with E-state index < -0.39 is 11.6 Å². The molecule has 0 amide bonds. The van der Waals surface area contributed by atoms with Gasteiger partial charge in [0.15, 0.2) is 0 Å². The SMILES string of the molecule is Fc1ccc(F)c(CNCc2ccco2)c1. The van der Waals surface area contributed by atoms with E-state index in [2.05, 4.69) is 5.32 Å². The van der Waals surface area contributed by atoms with E-state index in [1.54, 1.807) is 12.3 Å². The third-order valence-electron chi connectivity index (χ3n) is 2.20. The van der Waals surface area contributed by atoms with E-state index in [-0.39, 0.29) is 6.54 Å². The molecule has 1 aromatic carbocycles. The van der Waals surface area contributed by atoms with Crippen LogP contribution in [-0.4, -0.2) is 0 Å². The standard InChI is InChI=1S/C12H11F2NO/c13-10-3-4-12(14)9(6-10)7-15-8-11-2-1-5-16-11/h1-6,15H,7-8H2. The molecule has 1 aromatic heterocycles. The first-order chi connectivity index (χ1) is 7.75. The van der Waals surface area contributed by atoms with E-state index in [0.717, 1.165) is 17.9 Å². The van der Waals surface area contributed by atoms with Crippen LogP contribution in [0.4, 0.5) is 8.78 Å². The lowest BCUT2D eigenvalue weighted by atomic mass is 10.2. The molecule has 0 aliphatic carbocycles. The summed E-state index contributed by atoms with van der Waals surface area (Å²) >= 11 is 0. The normalized spacial score (nSPS) is 10.6. The van der Waals surface area contributed by atoms with Gasteiger partial charge in [-0.05, 0) is 30.3 Å². The Balaban J connectivity index is 1.92. The van der Waals surface area contributed by atoms with Crippen LogP contribution in [0.15, 0.2) is 41.0 Å². The number of rotatable bonds is 4. The molecule has 0 bridgehead atoms. The average Bonchev–Trinajstić information content (AvgIpc) is 2.76. The molecule has 0 fully saturated rings. The summed E-state index contributed by atoms with van der Waals surface area (Å²) in [5, 5.41) is 2.97. The van der Waals surface area contributed by atoms with Gasteiger partial charge in [-0.25, -0.2) is 8.78 Å². The zero-order valence-corrected chi connectivity index (χ0v) is 8.54. The topological polar surface area (TPSA) is 25.2 Å². The van der Waals surface area contributed by atoms with Crippen molar-refractivity contribution in [1.82, 2.24) is 5.32 Å². The second-order valence-electron chi connectivity index (χ2n) is 3.42. The molecule has 2 aromatic rings. The highest BCUT2D eigenvalue weighted by molar-refractivity contribution is 5.18. The van der Waals surface area contributed by atoms with Crippen LogP contribution in [0.5, 0.6) is 0 Å². The monoisotopic (exact) mass is 223 g/mol. The molecule has 0 radical (unpaired) electrons. The number of benzene rings is 1. The maximum atomic E-state index is 13.2. The van der Waals surface area contributed by atoms with Gasteiger partial charge in [-0.3, -0.25) is 0 Å². The Labute approximate surface area is 91.9 Å². The number of nitrogens with one attached hydrogen (secondary N) is 1. The van der Waals surface area contributed by atoms with Crippen molar-refractivity contribution in [3.63, 3.8) is 0 Å². The summed E-state index contributed by atoms with van der Waals surface area (Å²) in [7, 11) is 0. The van der Waals surface area contributed by atoms with E-state index in [1.165, 1.54) is 6.07 Å². The van der Waals surface area contributed by atoms with Crippen LogP contribution < -0.4 is 5.32 Å². The van der Waals surface area contributed by atoms with Gasteiger partial charge in [0.25, 0.3) is 0 Å². The fraction of sp³-hybridized carbons (Fsp3) is 0.167. The van der Waals surface area contributed by atoms with Gasteiger partial charge in [-0.1, -0.05) is 0 Å². The van der Waals surface area contributed by atoms with Crippen molar-refractivity contribution in [3.8, 4) is 0 Å². The van der Waals surface area contributed by atoms with Gasteiger partial charge >= 0.3 is 0 Å². The summed E-state index contributed by atoms with van der Waals surface area (Å²) in [6.07, 6.45) is 1.57. The third kappa shape index (κ3) is 2.67. The molecule has 0 aliphatic rings. The third-order valence-corrected chi connectivity index (χ3v) is 2.20. The summed E-state index contributed by atoms with van der Waals surface area (Å²) in [6.45, 7) is 0.757. The van der Waals surface area contributed by atoms with Gasteiger partial charge in [0.2, 0.25) is 0 Å². The first kappa shape index (κ1) is 10.8. The largest absolute Gasteiger partial charge is 0.468 e. The fourth-order valence-electron chi connectivity index (χ4n) is 1.41. The van der Waals surface area contributed by atoms with E-state index >= 15 is 0 Å². The van der Waals surface area contributed by atoms with Gasteiger partial charge in [0.1, 0.15) is 17.4 Å². The van der Waals surface area contributed by atoms with Crippen molar-refractivity contribution in [2.75, 3.05) is 0 Å². The summed E-state index contributed by atoms with van der Waals surface area (Å²) < 4.78 is 31.1. The fourth-order valence-corrected chi connectivity index (χ4v) is 1.41. The zero-order chi connectivity index (χ0) is 11.4. The van der Waals surface area contributed by atoms with Crippen molar-refractivity contribution >= 4 is 0 Å².